The Morgan fingerprint density at radius 3 is 2.42 bits per heavy atom. The van der Waals surface area contributed by atoms with Crippen LogP contribution in [0.3, 0.4) is 0 Å². The lowest BCUT2D eigenvalue weighted by Gasteiger charge is -2.12. The van der Waals surface area contributed by atoms with E-state index in [-0.39, 0.29) is 24.0 Å². The van der Waals surface area contributed by atoms with Gasteiger partial charge in [-0.25, -0.2) is 9.18 Å². The molecule has 1 N–H and O–H groups in total. The van der Waals surface area contributed by atoms with Crippen molar-refractivity contribution in [2.45, 2.75) is 20.5 Å². The average molecular weight is 445 g/mol. The number of hydrogen-bond donors (Lipinski definition) is 1. The van der Waals surface area contributed by atoms with E-state index in [1.165, 1.54) is 18.2 Å². The first kappa shape index (κ1) is 22.1. The van der Waals surface area contributed by atoms with Crippen molar-refractivity contribution in [2.24, 2.45) is 0 Å². The molecular formula is C26H24FN3O3. The van der Waals surface area contributed by atoms with Gasteiger partial charge in [0.1, 0.15) is 23.9 Å². The predicted octanol–water partition coefficient (Wildman–Crippen LogP) is 4.89. The summed E-state index contributed by atoms with van der Waals surface area (Å²) in [6.45, 7) is 8.03. The Hall–Kier alpha value is -4.13. The molecule has 0 unspecified atom stereocenters. The van der Waals surface area contributed by atoms with Gasteiger partial charge in [-0.2, -0.15) is 0 Å². The van der Waals surface area contributed by atoms with Crippen LogP contribution >= 0.6 is 0 Å². The summed E-state index contributed by atoms with van der Waals surface area (Å²) in [5.74, 6) is 0.0613. The van der Waals surface area contributed by atoms with Crippen LogP contribution in [0.25, 0.3) is 11.8 Å². The normalized spacial score (nSPS) is 14.6. The fourth-order valence-electron chi connectivity index (χ4n) is 3.79. The molecule has 1 saturated heterocycles. The molecule has 1 fully saturated rings. The zero-order valence-corrected chi connectivity index (χ0v) is 18.5. The monoisotopic (exact) mass is 445 g/mol. The van der Waals surface area contributed by atoms with Crippen LogP contribution in [-0.2, 0) is 11.4 Å². The number of amides is 3. The zero-order chi connectivity index (χ0) is 23.5. The van der Waals surface area contributed by atoms with Crippen molar-refractivity contribution in [1.82, 2.24) is 14.8 Å². The van der Waals surface area contributed by atoms with E-state index in [1.54, 1.807) is 18.2 Å². The first-order valence-electron chi connectivity index (χ1n) is 10.5. The van der Waals surface area contributed by atoms with Gasteiger partial charge in [0.05, 0.1) is 0 Å². The summed E-state index contributed by atoms with van der Waals surface area (Å²) in [5, 5.41) is 2.62. The lowest BCUT2D eigenvalue weighted by molar-refractivity contribution is -0.122. The van der Waals surface area contributed by atoms with E-state index >= 15 is 0 Å². The van der Waals surface area contributed by atoms with Crippen molar-refractivity contribution in [3.63, 3.8) is 0 Å². The number of ether oxygens (including phenoxy) is 1. The number of hydrogen-bond acceptors (Lipinski definition) is 3. The first-order chi connectivity index (χ1) is 15.9. The fraction of sp³-hybridized carbons (Fsp3) is 0.154. The summed E-state index contributed by atoms with van der Waals surface area (Å²) in [7, 11) is 0. The molecule has 0 aliphatic carbocycles. The number of nitrogens with one attached hydrogen (secondary N) is 1. The van der Waals surface area contributed by atoms with Crippen molar-refractivity contribution in [1.29, 1.82) is 0 Å². The van der Waals surface area contributed by atoms with Gasteiger partial charge in [-0.15, -0.1) is 6.58 Å². The second-order valence-corrected chi connectivity index (χ2v) is 7.76. The average Bonchev–Trinajstić information content (AvgIpc) is 3.23. The molecule has 1 aromatic heterocycles. The topological polar surface area (TPSA) is 63.6 Å². The number of halogens is 1. The van der Waals surface area contributed by atoms with Gasteiger partial charge in [0.2, 0.25) is 0 Å². The standard InChI is InChI=1S/C26H24FN3O3/c1-4-13-29-25(31)24(28-26(29)32)15-20-14-17(2)30(18(20)3)22-9-11-23(12-10-22)33-16-19-5-7-21(27)8-6-19/h4-12,14-15H,1,13,16H2,2-3H3,(H,28,32)/b24-15+. The summed E-state index contributed by atoms with van der Waals surface area (Å²) in [5.41, 5.74) is 4.83. The molecular weight excluding hydrogens is 421 g/mol. The maximum Gasteiger partial charge on any atom is 0.329 e. The van der Waals surface area contributed by atoms with Gasteiger partial charge in [-0.1, -0.05) is 18.2 Å². The fourth-order valence-corrected chi connectivity index (χ4v) is 3.79. The lowest BCUT2D eigenvalue weighted by Crippen LogP contribution is -2.30. The van der Waals surface area contributed by atoms with E-state index in [9.17, 15) is 14.0 Å². The van der Waals surface area contributed by atoms with Crippen LogP contribution in [0.5, 0.6) is 5.75 Å². The molecule has 4 rings (SSSR count). The third kappa shape index (κ3) is 4.57. The van der Waals surface area contributed by atoms with Crippen molar-refractivity contribution >= 4 is 18.0 Å². The summed E-state index contributed by atoms with van der Waals surface area (Å²) < 4.78 is 20.9. The molecule has 2 aromatic carbocycles. The Bertz CT molecular complexity index is 1240. The van der Waals surface area contributed by atoms with Gasteiger partial charge in [-0.05, 0) is 73.5 Å². The molecule has 0 bridgehead atoms. The number of aromatic nitrogens is 1. The van der Waals surface area contributed by atoms with E-state index in [4.69, 9.17) is 4.74 Å². The van der Waals surface area contributed by atoms with Crippen molar-refractivity contribution in [3.05, 3.63) is 101 Å². The highest BCUT2D eigenvalue weighted by atomic mass is 19.1. The maximum atomic E-state index is 13.0. The predicted molar refractivity (Wildman–Crippen MR) is 124 cm³/mol. The molecule has 3 amide bonds. The minimum absolute atomic E-state index is 0.163. The highest BCUT2D eigenvalue weighted by Gasteiger charge is 2.32. The zero-order valence-electron chi connectivity index (χ0n) is 18.5. The van der Waals surface area contributed by atoms with E-state index in [2.05, 4.69) is 16.5 Å². The SMILES string of the molecule is C=CCN1C(=O)N/C(=C/c2cc(C)n(-c3ccc(OCc4ccc(F)cc4)cc3)c2C)C1=O. The lowest BCUT2D eigenvalue weighted by atomic mass is 10.2. The second-order valence-electron chi connectivity index (χ2n) is 7.76. The van der Waals surface area contributed by atoms with Crippen LogP contribution < -0.4 is 10.1 Å². The van der Waals surface area contributed by atoms with Crippen molar-refractivity contribution in [3.8, 4) is 11.4 Å². The molecule has 6 nitrogen and oxygen atoms in total. The first-order valence-corrected chi connectivity index (χ1v) is 10.5. The summed E-state index contributed by atoms with van der Waals surface area (Å²) in [4.78, 5) is 25.6. The molecule has 0 spiro atoms. The van der Waals surface area contributed by atoms with Crippen LogP contribution in [0.4, 0.5) is 9.18 Å². The van der Waals surface area contributed by atoms with Crippen LogP contribution in [-0.4, -0.2) is 28.0 Å². The number of imide groups is 1. The van der Waals surface area contributed by atoms with E-state index in [1.807, 2.05) is 44.2 Å². The molecule has 0 atom stereocenters. The van der Waals surface area contributed by atoms with Crippen LogP contribution in [0.2, 0.25) is 0 Å². The van der Waals surface area contributed by atoms with Crippen molar-refractivity contribution < 1.29 is 18.7 Å². The van der Waals surface area contributed by atoms with E-state index < -0.39 is 6.03 Å². The Morgan fingerprint density at radius 2 is 1.76 bits per heavy atom. The van der Waals surface area contributed by atoms with Gasteiger partial charge < -0.3 is 14.6 Å². The van der Waals surface area contributed by atoms with Gasteiger partial charge in [0.15, 0.2) is 0 Å². The minimum Gasteiger partial charge on any atom is -0.489 e. The summed E-state index contributed by atoms with van der Waals surface area (Å²) >= 11 is 0. The molecule has 2 heterocycles. The van der Waals surface area contributed by atoms with Crippen LogP contribution in [0.1, 0.15) is 22.5 Å². The van der Waals surface area contributed by atoms with Gasteiger partial charge >= 0.3 is 6.03 Å². The van der Waals surface area contributed by atoms with Crippen LogP contribution in [0, 0.1) is 19.7 Å². The number of nitrogens with zero attached hydrogens (tertiary/aromatic N) is 2. The van der Waals surface area contributed by atoms with Crippen molar-refractivity contribution in [2.75, 3.05) is 6.54 Å². The third-order valence-corrected chi connectivity index (χ3v) is 5.46. The number of rotatable bonds is 7. The highest BCUT2D eigenvalue weighted by Crippen LogP contribution is 2.25. The second kappa shape index (κ2) is 9.16. The molecule has 3 aromatic rings. The Kier molecular flexibility index (Phi) is 6.13. The molecule has 33 heavy (non-hydrogen) atoms. The minimum atomic E-state index is -0.448. The number of benzene rings is 2. The summed E-state index contributed by atoms with van der Waals surface area (Å²) in [6, 6.07) is 15.4. The van der Waals surface area contributed by atoms with Crippen LogP contribution in [0.15, 0.2) is 72.9 Å². The Labute approximate surface area is 191 Å². The molecule has 0 radical (unpaired) electrons. The summed E-state index contributed by atoms with van der Waals surface area (Å²) in [6.07, 6.45) is 3.21. The van der Waals surface area contributed by atoms with Gasteiger partial charge in [-0.3, -0.25) is 9.69 Å². The van der Waals surface area contributed by atoms with E-state index in [0.29, 0.717) is 12.4 Å². The highest BCUT2D eigenvalue weighted by molar-refractivity contribution is 6.14. The molecule has 7 heteroatoms. The largest absolute Gasteiger partial charge is 0.489 e. The Morgan fingerprint density at radius 1 is 1.06 bits per heavy atom. The Balaban J connectivity index is 1.52. The van der Waals surface area contributed by atoms with Gasteiger partial charge in [0.25, 0.3) is 5.91 Å². The molecule has 0 saturated carbocycles. The number of urea groups is 1. The molecule has 1 aliphatic heterocycles. The van der Waals surface area contributed by atoms with Gasteiger partial charge in [0, 0.05) is 23.6 Å². The quantitative estimate of drug-likeness (QED) is 0.320. The molecule has 168 valence electrons. The molecule has 1 aliphatic rings. The number of carbonyl (C=O) groups is 2. The maximum absolute atomic E-state index is 13.0. The number of carbonyl (C=O) groups excluding carboxylic acids is 2. The third-order valence-electron chi connectivity index (χ3n) is 5.46. The number of aryl methyl sites for hydroxylation is 1. The smallest absolute Gasteiger partial charge is 0.329 e. The van der Waals surface area contributed by atoms with E-state index in [0.717, 1.165) is 33.1 Å².